The molecular weight excluding hydrogens is 408 g/mol. The first-order chi connectivity index (χ1) is 15.4. The Morgan fingerprint density at radius 1 is 1.19 bits per heavy atom. The van der Waals surface area contributed by atoms with Crippen molar-refractivity contribution in [3.05, 3.63) is 64.7 Å². The molecule has 2 heterocycles. The third kappa shape index (κ3) is 4.09. The fourth-order valence-corrected chi connectivity index (χ4v) is 4.04. The second-order valence-corrected chi connectivity index (χ2v) is 7.84. The van der Waals surface area contributed by atoms with E-state index in [1.807, 2.05) is 38.1 Å². The number of nitrogens with zero attached hydrogens (tertiary/aromatic N) is 3. The van der Waals surface area contributed by atoms with Gasteiger partial charge in [-0.15, -0.1) is 10.2 Å². The number of hydrogen-bond donors (Lipinski definition) is 2. The molecule has 1 aliphatic heterocycles. The normalized spacial score (nSPS) is 16.1. The number of anilines is 2. The summed E-state index contributed by atoms with van der Waals surface area (Å²) in [6, 6.07) is 12.7. The highest BCUT2D eigenvalue weighted by atomic mass is 16.5. The number of aromatic nitrogens is 2. The summed E-state index contributed by atoms with van der Waals surface area (Å²) in [6.45, 7) is 5.57. The summed E-state index contributed by atoms with van der Waals surface area (Å²) in [7, 11) is 1.38. The number of nitrogens with two attached hydrogens (primary N) is 1. The Morgan fingerprint density at radius 3 is 2.72 bits per heavy atom. The molecule has 8 nitrogen and oxygen atoms in total. The van der Waals surface area contributed by atoms with Crippen molar-refractivity contribution in [3.63, 3.8) is 0 Å². The van der Waals surface area contributed by atoms with E-state index in [-0.39, 0.29) is 17.8 Å². The predicted molar refractivity (Wildman–Crippen MR) is 122 cm³/mol. The summed E-state index contributed by atoms with van der Waals surface area (Å²) < 4.78 is 11.0. The van der Waals surface area contributed by atoms with E-state index >= 15 is 0 Å². The van der Waals surface area contributed by atoms with Crippen molar-refractivity contribution in [3.8, 4) is 17.0 Å². The largest absolute Gasteiger partial charge is 0.507 e. The molecule has 166 valence electrons. The first-order valence-corrected chi connectivity index (χ1v) is 10.4. The minimum atomic E-state index is -0.351. The monoisotopic (exact) mass is 434 g/mol. The van der Waals surface area contributed by atoms with Crippen molar-refractivity contribution < 1.29 is 19.4 Å². The van der Waals surface area contributed by atoms with Crippen molar-refractivity contribution in [1.29, 1.82) is 0 Å². The maximum absolute atomic E-state index is 12.0. The summed E-state index contributed by atoms with van der Waals surface area (Å²) in [5.74, 6) is 0.101. The summed E-state index contributed by atoms with van der Waals surface area (Å²) in [5.41, 5.74) is 11.4. The number of morpholine rings is 1. The standard InChI is InChI=1S/C24H26N4O4/c1-14-11-18(24(30)31-3)15(2)10-17(14)22-13-28(8-9-32-22)20-12-19(26-27-23(20)25)16-6-4-5-7-21(16)29/h4-7,10-12,22,29H,8-9,13H2,1-3H3,(H2,25,27)/t22-/m0/s1. The number of rotatable bonds is 4. The molecule has 1 aliphatic rings. The second kappa shape index (κ2) is 8.84. The molecule has 0 saturated carbocycles. The van der Waals surface area contributed by atoms with Crippen LogP contribution < -0.4 is 10.6 Å². The van der Waals surface area contributed by atoms with E-state index in [0.717, 1.165) is 22.4 Å². The molecule has 3 N–H and O–H groups in total. The summed E-state index contributed by atoms with van der Waals surface area (Å²) in [4.78, 5) is 14.1. The van der Waals surface area contributed by atoms with Crippen molar-refractivity contribution >= 4 is 17.5 Å². The van der Waals surface area contributed by atoms with E-state index in [9.17, 15) is 9.90 Å². The van der Waals surface area contributed by atoms with Crippen LogP contribution in [0.2, 0.25) is 0 Å². The molecule has 32 heavy (non-hydrogen) atoms. The first-order valence-electron chi connectivity index (χ1n) is 10.4. The quantitative estimate of drug-likeness (QED) is 0.601. The molecule has 0 unspecified atom stereocenters. The van der Waals surface area contributed by atoms with Gasteiger partial charge in [-0.25, -0.2) is 4.79 Å². The van der Waals surface area contributed by atoms with Crippen molar-refractivity contribution in [1.82, 2.24) is 10.2 Å². The van der Waals surface area contributed by atoms with Gasteiger partial charge in [0.1, 0.15) is 11.9 Å². The first kappa shape index (κ1) is 21.6. The highest BCUT2D eigenvalue weighted by Gasteiger charge is 2.27. The molecule has 0 amide bonds. The lowest BCUT2D eigenvalue weighted by Crippen LogP contribution is -2.39. The average Bonchev–Trinajstić information content (AvgIpc) is 2.80. The van der Waals surface area contributed by atoms with Gasteiger partial charge in [-0.1, -0.05) is 18.2 Å². The Balaban J connectivity index is 1.64. The Bertz CT molecular complexity index is 1160. The smallest absolute Gasteiger partial charge is 0.338 e. The molecule has 0 aliphatic carbocycles. The number of ether oxygens (including phenoxy) is 2. The topological polar surface area (TPSA) is 111 Å². The molecular formula is C24H26N4O4. The van der Waals surface area contributed by atoms with Crippen molar-refractivity contribution in [2.75, 3.05) is 37.4 Å². The van der Waals surface area contributed by atoms with Gasteiger partial charge in [-0.2, -0.15) is 0 Å². The number of phenols is 1. The SMILES string of the molecule is COC(=O)c1cc(C)c([C@@H]2CN(c3cc(-c4ccccc4O)nnc3N)CCO2)cc1C. The summed E-state index contributed by atoms with van der Waals surface area (Å²) >= 11 is 0. The van der Waals surface area contributed by atoms with Crippen LogP contribution in [-0.4, -0.2) is 48.1 Å². The number of carbonyl (C=O) groups excluding carboxylic acids is 1. The minimum Gasteiger partial charge on any atom is -0.507 e. The molecule has 8 heteroatoms. The van der Waals surface area contributed by atoms with Crippen molar-refractivity contribution in [2.24, 2.45) is 0 Å². The Labute approximate surface area is 186 Å². The number of aromatic hydroxyl groups is 1. The fraction of sp³-hybridized carbons (Fsp3) is 0.292. The van der Waals surface area contributed by atoms with E-state index in [4.69, 9.17) is 15.2 Å². The molecule has 4 rings (SSSR count). The lowest BCUT2D eigenvalue weighted by molar-refractivity contribution is 0.0393. The van der Waals surface area contributed by atoms with Crippen molar-refractivity contribution in [2.45, 2.75) is 20.0 Å². The second-order valence-electron chi connectivity index (χ2n) is 7.84. The van der Waals surface area contributed by atoms with E-state index < -0.39 is 0 Å². The summed E-state index contributed by atoms with van der Waals surface area (Å²) in [5, 5.41) is 18.5. The van der Waals surface area contributed by atoms with Gasteiger partial charge in [-0.3, -0.25) is 0 Å². The van der Waals surface area contributed by atoms with Crippen LogP contribution in [0.1, 0.15) is 33.2 Å². The zero-order valence-electron chi connectivity index (χ0n) is 18.3. The third-order valence-electron chi connectivity index (χ3n) is 5.75. The average molecular weight is 434 g/mol. The van der Waals surface area contributed by atoms with E-state index in [1.54, 1.807) is 18.2 Å². The zero-order chi connectivity index (χ0) is 22.8. The van der Waals surface area contributed by atoms with Crippen LogP contribution in [0.4, 0.5) is 11.5 Å². The highest BCUT2D eigenvalue weighted by Crippen LogP contribution is 2.34. The number of hydrogen-bond acceptors (Lipinski definition) is 8. The van der Waals surface area contributed by atoms with E-state index in [0.29, 0.717) is 42.3 Å². The van der Waals surface area contributed by atoms with Crippen LogP contribution >= 0.6 is 0 Å². The van der Waals surface area contributed by atoms with Gasteiger partial charge in [-0.05, 0) is 54.8 Å². The van der Waals surface area contributed by atoms with Crippen LogP contribution in [0.5, 0.6) is 5.75 Å². The van der Waals surface area contributed by atoms with Crippen LogP contribution in [0.3, 0.4) is 0 Å². The van der Waals surface area contributed by atoms with Gasteiger partial charge < -0.3 is 25.2 Å². The number of esters is 1. The van der Waals surface area contributed by atoms with Gasteiger partial charge in [0.15, 0.2) is 5.82 Å². The van der Waals surface area contributed by atoms with E-state index in [2.05, 4.69) is 15.1 Å². The zero-order valence-corrected chi connectivity index (χ0v) is 18.3. The number of aryl methyl sites for hydroxylation is 2. The number of methoxy groups -OCH3 is 1. The minimum absolute atomic E-state index is 0.133. The number of para-hydroxylation sites is 1. The number of phenolic OH excluding ortho intramolecular Hbond substituents is 1. The Kier molecular flexibility index (Phi) is 5.96. The fourth-order valence-electron chi connectivity index (χ4n) is 4.04. The predicted octanol–water partition coefficient (Wildman–Crippen LogP) is 3.41. The maximum Gasteiger partial charge on any atom is 0.338 e. The van der Waals surface area contributed by atoms with Crippen LogP contribution in [0.25, 0.3) is 11.3 Å². The van der Waals surface area contributed by atoms with E-state index in [1.165, 1.54) is 7.11 Å². The van der Waals surface area contributed by atoms with Gasteiger partial charge in [0.25, 0.3) is 0 Å². The molecule has 2 aromatic carbocycles. The highest BCUT2D eigenvalue weighted by molar-refractivity contribution is 5.91. The lowest BCUT2D eigenvalue weighted by atomic mass is 9.95. The molecule has 1 saturated heterocycles. The number of carbonyl (C=O) groups is 1. The Morgan fingerprint density at radius 2 is 1.97 bits per heavy atom. The van der Waals surface area contributed by atoms with Gasteiger partial charge in [0.05, 0.1) is 30.7 Å². The molecule has 0 radical (unpaired) electrons. The molecule has 1 fully saturated rings. The molecule has 3 aromatic rings. The van der Waals surface area contributed by atoms with Crippen LogP contribution in [0.15, 0.2) is 42.5 Å². The maximum atomic E-state index is 12.0. The van der Waals surface area contributed by atoms with Gasteiger partial charge >= 0.3 is 5.97 Å². The third-order valence-corrected chi connectivity index (χ3v) is 5.75. The van der Waals surface area contributed by atoms with Crippen LogP contribution in [0, 0.1) is 13.8 Å². The van der Waals surface area contributed by atoms with Gasteiger partial charge in [0, 0.05) is 18.7 Å². The molecule has 1 aromatic heterocycles. The number of nitrogen functional groups attached to an aromatic ring is 1. The molecule has 0 bridgehead atoms. The van der Waals surface area contributed by atoms with Crippen LogP contribution in [-0.2, 0) is 9.47 Å². The summed E-state index contributed by atoms with van der Waals surface area (Å²) in [6.07, 6.45) is -0.199. The number of benzene rings is 2. The Hall–Kier alpha value is -3.65. The molecule has 1 atom stereocenters. The van der Waals surface area contributed by atoms with Gasteiger partial charge in [0.2, 0.25) is 0 Å². The molecule has 0 spiro atoms. The lowest BCUT2D eigenvalue weighted by Gasteiger charge is -2.35.